The molecule has 0 heterocycles. The highest BCUT2D eigenvalue weighted by atomic mass is 16.5. The first-order valence-electron chi connectivity index (χ1n) is 5.82. The maximum Gasteiger partial charge on any atom is 0.333 e. The Morgan fingerprint density at radius 1 is 1.27 bits per heavy atom. The summed E-state index contributed by atoms with van der Waals surface area (Å²) in [5.74, 6) is 0.231. The standard InChI is InChI=1S/C13H22O2/c1-10(2)13(8-6-5-7-9-13)11(3)12(14)15-4/h10H,3,5-9H2,1-2,4H3. The van der Waals surface area contributed by atoms with Gasteiger partial charge < -0.3 is 4.74 Å². The molecule has 0 aliphatic heterocycles. The van der Waals surface area contributed by atoms with Crippen LogP contribution in [0.3, 0.4) is 0 Å². The van der Waals surface area contributed by atoms with Crippen LogP contribution in [0.4, 0.5) is 0 Å². The fraction of sp³-hybridized carbons (Fsp3) is 0.769. The molecule has 1 rings (SSSR count). The third kappa shape index (κ3) is 2.24. The molecule has 0 bridgehead atoms. The van der Waals surface area contributed by atoms with Crippen molar-refractivity contribution in [3.8, 4) is 0 Å². The fourth-order valence-electron chi connectivity index (χ4n) is 2.74. The molecule has 0 unspecified atom stereocenters. The molecular weight excluding hydrogens is 188 g/mol. The minimum Gasteiger partial charge on any atom is -0.466 e. The Labute approximate surface area is 92.7 Å². The summed E-state index contributed by atoms with van der Waals surface area (Å²) < 4.78 is 4.80. The van der Waals surface area contributed by atoms with Crippen LogP contribution in [0.2, 0.25) is 0 Å². The van der Waals surface area contributed by atoms with E-state index >= 15 is 0 Å². The van der Waals surface area contributed by atoms with Gasteiger partial charge in [-0.3, -0.25) is 0 Å². The summed E-state index contributed by atoms with van der Waals surface area (Å²) in [6.07, 6.45) is 5.85. The van der Waals surface area contributed by atoms with Crippen LogP contribution in [0.25, 0.3) is 0 Å². The predicted octanol–water partition coefficient (Wildman–Crippen LogP) is 3.32. The van der Waals surface area contributed by atoms with Gasteiger partial charge in [0.15, 0.2) is 0 Å². The number of carbonyl (C=O) groups excluding carboxylic acids is 1. The van der Waals surface area contributed by atoms with E-state index in [0.29, 0.717) is 11.5 Å². The Bertz CT molecular complexity index is 247. The first kappa shape index (κ1) is 12.3. The molecule has 0 spiro atoms. The second kappa shape index (κ2) is 4.82. The van der Waals surface area contributed by atoms with E-state index in [0.717, 1.165) is 12.8 Å². The highest BCUT2D eigenvalue weighted by Gasteiger charge is 2.40. The number of rotatable bonds is 3. The predicted molar refractivity (Wildman–Crippen MR) is 61.5 cm³/mol. The molecule has 0 aromatic heterocycles. The lowest BCUT2D eigenvalue weighted by Crippen LogP contribution is -2.35. The average Bonchev–Trinajstić information content (AvgIpc) is 2.27. The van der Waals surface area contributed by atoms with Gasteiger partial charge in [0.05, 0.1) is 7.11 Å². The second-order valence-corrected chi connectivity index (χ2v) is 4.84. The summed E-state index contributed by atoms with van der Waals surface area (Å²) in [5, 5.41) is 0. The Balaban J connectivity index is 2.89. The van der Waals surface area contributed by atoms with E-state index in [9.17, 15) is 4.79 Å². The summed E-state index contributed by atoms with van der Waals surface area (Å²) >= 11 is 0. The van der Waals surface area contributed by atoms with Crippen molar-refractivity contribution in [3.63, 3.8) is 0 Å². The Morgan fingerprint density at radius 2 is 1.80 bits per heavy atom. The summed E-state index contributed by atoms with van der Waals surface area (Å²) in [5.41, 5.74) is 0.672. The molecule has 15 heavy (non-hydrogen) atoms. The molecule has 1 fully saturated rings. The van der Waals surface area contributed by atoms with Crippen molar-refractivity contribution in [1.29, 1.82) is 0 Å². The van der Waals surface area contributed by atoms with Crippen molar-refractivity contribution in [3.05, 3.63) is 12.2 Å². The molecule has 1 aliphatic rings. The van der Waals surface area contributed by atoms with Crippen LogP contribution in [-0.2, 0) is 9.53 Å². The van der Waals surface area contributed by atoms with Gasteiger partial charge in [0.1, 0.15) is 0 Å². The molecule has 2 nitrogen and oxygen atoms in total. The van der Waals surface area contributed by atoms with Crippen molar-refractivity contribution in [2.24, 2.45) is 11.3 Å². The zero-order chi connectivity index (χ0) is 11.5. The quantitative estimate of drug-likeness (QED) is 0.527. The zero-order valence-electron chi connectivity index (χ0n) is 10.1. The molecule has 0 atom stereocenters. The van der Waals surface area contributed by atoms with Gasteiger partial charge in [0.25, 0.3) is 0 Å². The van der Waals surface area contributed by atoms with Crippen LogP contribution >= 0.6 is 0 Å². The van der Waals surface area contributed by atoms with Gasteiger partial charge in [-0.25, -0.2) is 4.79 Å². The third-order valence-corrected chi connectivity index (χ3v) is 3.88. The molecule has 0 N–H and O–H groups in total. The number of hydrogen-bond donors (Lipinski definition) is 0. The van der Waals surface area contributed by atoms with Crippen LogP contribution in [0.5, 0.6) is 0 Å². The minimum atomic E-state index is -0.231. The normalized spacial score (nSPS) is 20.0. The van der Waals surface area contributed by atoms with Crippen molar-refractivity contribution in [1.82, 2.24) is 0 Å². The molecule has 0 aromatic carbocycles. The van der Waals surface area contributed by atoms with E-state index in [1.54, 1.807) is 0 Å². The lowest BCUT2D eigenvalue weighted by molar-refractivity contribution is -0.138. The zero-order valence-corrected chi connectivity index (χ0v) is 10.1. The fourth-order valence-corrected chi connectivity index (χ4v) is 2.74. The van der Waals surface area contributed by atoms with Crippen molar-refractivity contribution < 1.29 is 9.53 Å². The highest BCUT2D eigenvalue weighted by Crippen LogP contribution is 2.47. The molecule has 1 aliphatic carbocycles. The van der Waals surface area contributed by atoms with Crippen LogP contribution in [0.1, 0.15) is 46.0 Å². The van der Waals surface area contributed by atoms with Crippen LogP contribution in [0, 0.1) is 11.3 Å². The van der Waals surface area contributed by atoms with Gasteiger partial charge in [-0.15, -0.1) is 0 Å². The average molecular weight is 210 g/mol. The van der Waals surface area contributed by atoms with E-state index in [2.05, 4.69) is 20.4 Å². The topological polar surface area (TPSA) is 26.3 Å². The van der Waals surface area contributed by atoms with E-state index in [1.165, 1.54) is 26.4 Å². The lowest BCUT2D eigenvalue weighted by atomic mass is 9.63. The van der Waals surface area contributed by atoms with E-state index < -0.39 is 0 Å². The molecule has 0 amide bonds. The van der Waals surface area contributed by atoms with E-state index in [-0.39, 0.29) is 11.4 Å². The Kier molecular flexibility index (Phi) is 3.95. The maximum absolute atomic E-state index is 11.6. The minimum absolute atomic E-state index is 0.00859. The Hall–Kier alpha value is -0.790. The lowest BCUT2D eigenvalue weighted by Gasteiger charge is -2.41. The van der Waals surface area contributed by atoms with Gasteiger partial charge >= 0.3 is 5.97 Å². The number of ether oxygens (including phenoxy) is 1. The van der Waals surface area contributed by atoms with E-state index in [1.807, 2.05) is 0 Å². The van der Waals surface area contributed by atoms with Gasteiger partial charge in [0.2, 0.25) is 0 Å². The summed E-state index contributed by atoms with van der Waals surface area (Å²) in [6, 6.07) is 0. The van der Waals surface area contributed by atoms with Crippen molar-refractivity contribution >= 4 is 5.97 Å². The summed E-state index contributed by atoms with van der Waals surface area (Å²) in [4.78, 5) is 11.6. The second-order valence-electron chi connectivity index (χ2n) is 4.84. The molecule has 0 saturated heterocycles. The summed E-state index contributed by atoms with van der Waals surface area (Å²) in [6.45, 7) is 8.33. The van der Waals surface area contributed by atoms with E-state index in [4.69, 9.17) is 4.74 Å². The van der Waals surface area contributed by atoms with Crippen LogP contribution in [-0.4, -0.2) is 13.1 Å². The first-order valence-corrected chi connectivity index (χ1v) is 5.82. The third-order valence-electron chi connectivity index (χ3n) is 3.88. The van der Waals surface area contributed by atoms with Crippen molar-refractivity contribution in [2.75, 3.05) is 7.11 Å². The smallest absolute Gasteiger partial charge is 0.333 e. The van der Waals surface area contributed by atoms with Gasteiger partial charge in [-0.05, 0) is 18.8 Å². The largest absolute Gasteiger partial charge is 0.466 e. The monoisotopic (exact) mass is 210 g/mol. The van der Waals surface area contributed by atoms with Gasteiger partial charge in [-0.1, -0.05) is 39.7 Å². The van der Waals surface area contributed by atoms with Gasteiger partial charge in [0, 0.05) is 11.0 Å². The molecule has 86 valence electrons. The molecule has 2 heteroatoms. The molecule has 0 aromatic rings. The van der Waals surface area contributed by atoms with Crippen molar-refractivity contribution in [2.45, 2.75) is 46.0 Å². The SMILES string of the molecule is C=C(C(=O)OC)C1(C(C)C)CCCCC1. The van der Waals surface area contributed by atoms with Crippen LogP contribution < -0.4 is 0 Å². The van der Waals surface area contributed by atoms with Crippen LogP contribution in [0.15, 0.2) is 12.2 Å². The van der Waals surface area contributed by atoms with Gasteiger partial charge in [-0.2, -0.15) is 0 Å². The molecule has 1 saturated carbocycles. The first-order chi connectivity index (χ1) is 7.04. The number of carbonyl (C=O) groups is 1. The summed E-state index contributed by atoms with van der Waals surface area (Å²) in [7, 11) is 1.43. The Morgan fingerprint density at radius 3 is 2.20 bits per heavy atom. The molecular formula is C13H22O2. The number of hydrogen-bond acceptors (Lipinski definition) is 2. The highest BCUT2D eigenvalue weighted by molar-refractivity contribution is 5.89. The number of esters is 1. The maximum atomic E-state index is 11.6. The molecule has 0 radical (unpaired) electrons. The number of methoxy groups -OCH3 is 1.